The van der Waals surface area contributed by atoms with Crippen LogP contribution in [-0.4, -0.2) is 42.0 Å². The van der Waals surface area contributed by atoms with Gasteiger partial charge in [-0.1, -0.05) is 6.42 Å². The van der Waals surface area contributed by atoms with Crippen molar-refractivity contribution in [1.82, 2.24) is 15.2 Å². The highest BCUT2D eigenvalue weighted by Crippen LogP contribution is 2.47. The minimum atomic E-state index is 0.635. The number of nitrogens with zero attached hydrogens (tertiary/aromatic N) is 3. The molecule has 0 aromatic carbocycles. The summed E-state index contributed by atoms with van der Waals surface area (Å²) >= 11 is 1.95. The molecule has 2 heterocycles. The van der Waals surface area contributed by atoms with Gasteiger partial charge in [0, 0.05) is 37.5 Å². The van der Waals surface area contributed by atoms with E-state index in [9.17, 15) is 0 Å². The lowest BCUT2D eigenvalue weighted by Gasteiger charge is -2.38. The summed E-state index contributed by atoms with van der Waals surface area (Å²) in [5.41, 5.74) is 2.03. The van der Waals surface area contributed by atoms with Crippen molar-refractivity contribution in [2.75, 3.05) is 26.2 Å². The second-order valence-corrected chi connectivity index (χ2v) is 9.22. The molecule has 1 saturated carbocycles. The maximum Gasteiger partial charge on any atom is 0.193 e. The van der Waals surface area contributed by atoms with Gasteiger partial charge < -0.3 is 10.2 Å². The van der Waals surface area contributed by atoms with Gasteiger partial charge in [0.05, 0.1) is 10.7 Å². The summed E-state index contributed by atoms with van der Waals surface area (Å²) in [5, 5.41) is 4.85. The molecule has 0 amide bonds. The van der Waals surface area contributed by atoms with Crippen molar-refractivity contribution < 1.29 is 0 Å². The first-order valence-corrected chi connectivity index (χ1v) is 11.1. The lowest BCUT2D eigenvalue weighted by molar-refractivity contribution is 0.151. The fraction of sp³-hybridized carbons (Fsp3) is 0.800. The molecule has 1 aromatic rings. The van der Waals surface area contributed by atoms with Crippen molar-refractivity contribution in [2.45, 2.75) is 71.1 Å². The number of fused-ring (bicyclic) bond motifs is 1. The molecule has 0 radical (unpaired) electrons. The monoisotopic (exact) mass is 360 g/mol. The molecule has 138 valence electrons. The number of likely N-dealkylation sites (tertiary alicyclic amines) is 1. The lowest BCUT2D eigenvalue weighted by Crippen LogP contribution is -2.42. The molecule has 0 bridgehead atoms. The third-order valence-corrected chi connectivity index (χ3v) is 7.40. The van der Waals surface area contributed by atoms with Gasteiger partial charge in [0.2, 0.25) is 0 Å². The van der Waals surface area contributed by atoms with Crippen molar-refractivity contribution in [2.24, 2.45) is 10.4 Å². The van der Waals surface area contributed by atoms with Crippen LogP contribution in [0.25, 0.3) is 0 Å². The van der Waals surface area contributed by atoms with Gasteiger partial charge in [0.15, 0.2) is 5.96 Å². The highest BCUT2D eigenvalue weighted by molar-refractivity contribution is 7.11. The Kier molecular flexibility index (Phi) is 5.30. The van der Waals surface area contributed by atoms with Gasteiger partial charge in [0.25, 0.3) is 0 Å². The Morgan fingerprint density at radius 1 is 1.24 bits per heavy atom. The van der Waals surface area contributed by atoms with Gasteiger partial charge in [-0.3, -0.25) is 4.99 Å². The Labute approximate surface area is 156 Å². The first-order chi connectivity index (χ1) is 12.3. The molecule has 2 fully saturated rings. The highest BCUT2D eigenvalue weighted by atomic mass is 32.1. The summed E-state index contributed by atoms with van der Waals surface area (Å²) in [6, 6.07) is 0. The Morgan fingerprint density at radius 3 is 2.84 bits per heavy atom. The molecule has 1 aliphatic heterocycles. The molecule has 1 spiro atoms. The summed E-state index contributed by atoms with van der Waals surface area (Å²) in [6.45, 7) is 6.45. The molecule has 5 heteroatoms. The van der Waals surface area contributed by atoms with E-state index in [4.69, 9.17) is 9.98 Å². The summed E-state index contributed by atoms with van der Waals surface area (Å²) in [6.07, 6.45) is 13.0. The second kappa shape index (κ2) is 7.65. The summed E-state index contributed by atoms with van der Waals surface area (Å²) < 4.78 is 0. The number of guanidine groups is 1. The van der Waals surface area contributed by atoms with Gasteiger partial charge >= 0.3 is 0 Å². The Balaban J connectivity index is 1.29. The number of hydrogen-bond acceptors (Lipinski definition) is 3. The van der Waals surface area contributed by atoms with E-state index in [-0.39, 0.29) is 0 Å². The first kappa shape index (κ1) is 17.3. The van der Waals surface area contributed by atoms with Crippen molar-refractivity contribution in [3.63, 3.8) is 0 Å². The van der Waals surface area contributed by atoms with Crippen molar-refractivity contribution in [3.8, 4) is 0 Å². The molecule has 25 heavy (non-hydrogen) atoms. The van der Waals surface area contributed by atoms with Crippen LogP contribution in [0.5, 0.6) is 0 Å². The zero-order chi connectivity index (χ0) is 17.1. The maximum absolute atomic E-state index is 4.92. The topological polar surface area (TPSA) is 40.5 Å². The van der Waals surface area contributed by atoms with Gasteiger partial charge in [0.1, 0.15) is 0 Å². The van der Waals surface area contributed by atoms with Crippen LogP contribution >= 0.6 is 11.3 Å². The van der Waals surface area contributed by atoms with Gasteiger partial charge in [-0.25, -0.2) is 4.98 Å². The molecule has 1 saturated heterocycles. The van der Waals surface area contributed by atoms with Crippen LogP contribution in [0.1, 0.15) is 67.4 Å². The Hall–Kier alpha value is -1.10. The number of aliphatic imine (C=N–C) groups is 1. The van der Waals surface area contributed by atoms with E-state index in [0.717, 1.165) is 31.9 Å². The van der Waals surface area contributed by atoms with Crippen LogP contribution < -0.4 is 5.32 Å². The summed E-state index contributed by atoms with van der Waals surface area (Å²) in [7, 11) is 0. The molecule has 4 rings (SSSR count). The number of aromatic nitrogens is 1. The number of thiazole rings is 1. The number of hydrogen-bond donors (Lipinski definition) is 1. The standard InChI is InChI=1S/C20H32N4S/c1-2-21-19(24-14-12-20(15-24)10-6-11-20)22-13-5-9-18-23-16-7-3-4-8-17(16)25-18/h2-15H2,1H3,(H,21,22). The van der Waals surface area contributed by atoms with Crippen LogP contribution in [0.15, 0.2) is 4.99 Å². The van der Waals surface area contributed by atoms with Gasteiger partial charge in [-0.05, 0) is 63.7 Å². The van der Waals surface area contributed by atoms with E-state index in [2.05, 4.69) is 17.1 Å². The van der Waals surface area contributed by atoms with Crippen molar-refractivity contribution in [1.29, 1.82) is 0 Å². The zero-order valence-electron chi connectivity index (χ0n) is 15.6. The number of rotatable bonds is 5. The third-order valence-electron chi connectivity index (χ3n) is 6.19. The van der Waals surface area contributed by atoms with E-state index < -0.39 is 0 Å². The maximum atomic E-state index is 4.92. The molecular weight excluding hydrogens is 328 g/mol. The largest absolute Gasteiger partial charge is 0.357 e. The summed E-state index contributed by atoms with van der Waals surface area (Å²) in [5.74, 6) is 1.14. The fourth-order valence-electron chi connectivity index (χ4n) is 4.55. The molecule has 0 atom stereocenters. The molecule has 0 unspecified atom stereocenters. The second-order valence-electron chi connectivity index (χ2n) is 8.05. The smallest absolute Gasteiger partial charge is 0.193 e. The first-order valence-electron chi connectivity index (χ1n) is 10.3. The van der Waals surface area contributed by atoms with Crippen molar-refractivity contribution >= 4 is 17.3 Å². The minimum absolute atomic E-state index is 0.635. The van der Waals surface area contributed by atoms with E-state index in [1.165, 1.54) is 75.2 Å². The lowest BCUT2D eigenvalue weighted by atomic mass is 9.68. The molecule has 1 N–H and O–H groups in total. The third kappa shape index (κ3) is 3.86. The summed E-state index contributed by atoms with van der Waals surface area (Å²) in [4.78, 5) is 13.8. The van der Waals surface area contributed by atoms with Gasteiger partial charge in [-0.2, -0.15) is 0 Å². The van der Waals surface area contributed by atoms with E-state index in [1.807, 2.05) is 11.3 Å². The normalized spacial score (nSPS) is 22.1. The predicted molar refractivity (Wildman–Crippen MR) is 106 cm³/mol. The van der Waals surface area contributed by atoms with Crippen molar-refractivity contribution in [3.05, 3.63) is 15.6 Å². The molecule has 3 aliphatic rings. The number of aryl methyl sites for hydroxylation is 3. The van der Waals surface area contributed by atoms with E-state index in [1.54, 1.807) is 4.88 Å². The van der Waals surface area contributed by atoms with Crippen LogP contribution in [0.2, 0.25) is 0 Å². The molecule has 4 nitrogen and oxygen atoms in total. The average molecular weight is 361 g/mol. The molecular formula is C20H32N4S. The SMILES string of the molecule is CCNC(=NCCCc1nc2c(s1)CCCC2)N1CCC2(CCC2)C1. The highest BCUT2D eigenvalue weighted by Gasteiger charge is 2.43. The minimum Gasteiger partial charge on any atom is -0.357 e. The van der Waals surface area contributed by atoms with E-state index in [0.29, 0.717) is 5.41 Å². The van der Waals surface area contributed by atoms with E-state index >= 15 is 0 Å². The van der Waals surface area contributed by atoms with Crippen LogP contribution in [0.4, 0.5) is 0 Å². The van der Waals surface area contributed by atoms with Crippen LogP contribution in [-0.2, 0) is 19.3 Å². The Morgan fingerprint density at radius 2 is 2.12 bits per heavy atom. The van der Waals surface area contributed by atoms with Crippen LogP contribution in [0, 0.1) is 5.41 Å². The quantitative estimate of drug-likeness (QED) is 0.493. The van der Waals surface area contributed by atoms with Crippen LogP contribution in [0.3, 0.4) is 0 Å². The Bertz CT molecular complexity index is 594. The predicted octanol–water partition coefficient (Wildman–Crippen LogP) is 3.80. The van der Waals surface area contributed by atoms with Gasteiger partial charge in [-0.15, -0.1) is 11.3 Å². The average Bonchev–Trinajstić information content (AvgIpc) is 3.21. The molecule has 1 aromatic heterocycles. The fourth-order valence-corrected chi connectivity index (χ4v) is 5.75. The molecule has 2 aliphatic carbocycles. The number of nitrogens with one attached hydrogen (secondary N) is 1. The zero-order valence-corrected chi connectivity index (χ0v) is 16.5.